The number of nitrogens with zero attached hydrogens (tertiary/aromatic N) is 2. The fourth-order valence-corrected chi connectivity index (χ4v) is 5.58. The van der Waals surface area contributed by atoms with Crippen LogP contribution >= 0.6 is 11.6 Å². The van der Waals surface area contributed by atoms with Crippen molar-refractivity contribution in [3.63, 3.8) is 0 Å². The Balaban J connectivity index is 1.57. The summed E-state index contributed by atoms with van der Waals surface area (Å²) in [7, 11) is 3.28. The average molecular weight is 518 g/mol. The van der Waals surface area contributed by atoms with Gasteiger partial charge in [-0.1, -0.05) is 42.3 Å². The van der Waals surface area contributed by atoms with Crippen molar-refractivity contribution in [3.8, 4) is 34.0 Å². The van der Waals surface area contributed by atoms with Gasteiger partial charge in [0.25, 0.3) is 5.56 Å². The molecule has 0 saturated heterocycles. The minimum absolute atomic E-state index is 0.0565. The molecule has 2 atom stereocenters. The molecule has 192 valence electrons. The smallest absolute Gasteiger partial charge is 0.261 e. The van der Waals surface area contributed by atoms with Crippen molar-refractivity contribution < 1.29 is 9.47 Å². The molecule has 1 saturated carbocycles. The first-order valence-electron chi connectivity index (χ1n) is 12.7. The van der Waals surface area contributed by atoms with E-state index < -0.39 is 0 Å². The Hall–Kier alpha value is -3.35. The zero-order chi connectivity index (χ0) is 25.9. The van der Waals surface area contributed by atoms with Gasteiger partial charge in [-0.3, -0.25) is 9.36 Å². The van der Waals surface area contributed by atoms with Crippen LogP contribution in [-0.2, 0) is 6.54 Å². The number of hydrogen-bond acceptors (Lipinski definition) is 5. The summed E-state index contributed by atoms with van der Waals surface area (Å²) in [5, 5.41) is 1.08. The molecule has 4 aromatic rings. The van der Waals surface area contributed by atoms with E-state index in [2.05, 4.69) is 0 Å². The summed E-state index contributed by atoms with van der Waals surface area (Å²) in [6.07, 6.45) is 4.43. The number of halogens is 1. The maximum Gasteiger partial charge on any atom is 0.261 e. The molecular weight excluding hydrogens is 486 g/mol. The van der Waals surface area contributed by atoms with Crippen LogP contribution < -0.4 is 20.8 Å². The average Bonchev–Trinajstić information content (AvgIpc) is 2.94. The highest BCUT2D eigenvalue weighted by molar-refractivity contribution is 6.31. The van der Waals surface area contributed by atoms with Gasteiger partial charge < -0.3 is 15.2 Å². The lowest BCUT2D eigenvalue weighted by Crippen LogP contribution is -2.30. The van der Waals surface area contributed by atoms with Crippen molar-refractivity contribution in [1.29, 1.82) is 0 Å². The molecular formula is C30H32ClN3O3. The molecule has 1 aliphatic carbocycles. The summed E-state index contributed by atoms with van der Waals surface area (Å²) >= 11 is 6.24. The zero-order valence-electron chi connectivity index (χ0n) is 21.2. The lowest BCUT2D eigenvalue weighted by Gasteiger charge is -2.29. The predicted octanol–water partition coefficient (Wildman–Crippen LogP) is 6.17. The molecule has 37 heavy (non-hydrogen) atoms. The first-order chi connectivity index (χ1) is 18.0. The summed E-state index contributed by atoms with van der Waals surface area (Å²) < 4.78 is 12.7. The van der Waals surface area contributed by atoms with E-state index in [0.717, 1.165) is 53.9 Å². The highest BCUT2D eigenvalue weighted by Gasteiger charge is 2.24. The molecule has 1 aromatic heterocycles. The lowest BCUT2D eigenvalue weighted by atomic mass is 9.81. The van der Waals surface area contributed by atoms with E-state index in [0.29, 0.717) is 46.7 Å². The number of benzene rings is 3. The standard InChI is InChI=1S/C30H32ClN3O3/c1-36-25-13-23(14-26(16-25)37-2)21-6-8-22(9-7-21)29-33-28-11-10-24(31)15-27(28)30(35)34(29)18-20-5-3-4-19(12-20)17-32/h6-11,13-16,19-20H,3-5,12,17-18,32H2,1-2H3. The van der Waals surface area contributed by atoms with Gasteiger partial charge in [-0.05, 0) is 79.1 Å². The van der Waals surface area contributed by atoms with E-state index in [9.17, 15) is 4.79 Å². The van der Waals surface area contributed by atoms with Crippen molar-refractivity contribution in [3.05, 3.63) is 76.0 Å². The summed E-state index contributed by atoms with van der Waals surface area (Å²) in [5.74, 6) is 3.03. The minimum Gasteiger partial charge on any atom is -0.497 e. The van der Waals surface area contributed by atoms with Crippen LogP contribution in [-0.4, -0.2) is 30.3 Å². The van der Waals surface area contributed by atoms with Crippen LogP contribution in [0.1, 0.15) is 25.7 Å². The molecule has 0 amide bonds. The lowest BCUT2D eigenvalue weighted by molar-refractivity contribution is 0.246. The van der Waals surface area contributed by atoms with E-state index in [4.69, 9.17) is 31.8 Å². The molecule has 2 unspecified atom stereocenters. The number of ether oxygens (including phenoxy) is 2. The third-order valence-electron chi connectivity index (χ3n) is 7.41. The second-order valence-electron chi connectivity index (χ2n) is 9.83. The van der Waals surface area contributed by atoms with Crippen molar-refractivity contribution in [1.82, 2.24) is 9.55 Å². The fraction of sp³-hybridized carbons (Fsp3) is 0.333. The molecule has 7 heteroatoms. The highest BCUT2D eigenvalue weighted by atomic mass is 35.5. The van der Waals surface area contributed by atoms with Crippen molar-refractivity contribution >= 4 is 22.5 Å². The van der Waals surface area contributed by atoms with Gasteiger partial charge in [0, 0.05) is 23.2 Å². The molecule has 3 aromatic carbocycles. The normalized spacial score (nSPS) is 17.6. The van der Waals surface area contributed by atoms with Crippen molar-refractivity contribution in [2.45, 2.75) is 32.2 Å². The van der Waals surface area contributed by atoms with Gasteiger partial charge in [-0.2, -0.15) is 0 Å². The monoisotopic (exact) mass is 517 g/mol. The Bertz CT molecular complexity index is 1440. The maximum absolute atomic E-state index is 13.7. The summed E-state index contributed by atoms with van der Waals surface area (Å²) in [6, 6.07) is 19.2. The molecule has 2 N–H and O–H groups in total. The maximum atomic E-state index is 13.7. The molecule has 6 nitrogen and oxygen atoms in total. The largest absolute Gasteiger partial charge is 0.497 e. The number of hydrogen-bond donors (Lipinski definition) is 1. The summed E-state index contributed by atoms with van der Waals surface area (Å²) in [4.78, 5) is 18.7. The fourth-order valence-electron chi connectivity index (χ4n) is 5.41. The van der Waals surface area contributed by atoms with E-state index in [1.807, 2.05) is 53.1 Å². The van der Waals surface area contributed by atoms with Gasteiger partial charge in [0.15, 0.2) is 0 Å². The van der Waals surface area contributed by atoms with Gasteiger partial charge in [0.1, 0.15) is 17.3 Å². The van der Waals surface area contributed by atoms with Gasteiger partial charge >= 0.3 is 0 Å². The zero-order valence-corrected chi connectivity index (χ0v) is 22.0. The van der Waals surface area contributed by atoms with E-state index in [1.54, 1.807) is 26.4 Å². The number of methoxy groups -OCH3 is 2. The third-order valence-corrected chi connectivity index (χ3v) is 7.64. The number of aromatic nitrogens is 2. The topological polar surface area (TPSA) is 79.4 Å². The second-order valence-corrected chi connectivity index (χ2v) is 10.3. The molecule has 5 rings (SSSR count). The van der Waals surface area contributed by atoms with Crippen molar-refractivity contribution in [2.75, 3.05) is 20.8 Å². The van der Waals surface area contributed by atoms with Crippen LogP contribution in [0.4, 0.5) is 0 Å². The molecule has 0 aliphatic heterocycles. The first kappa shape index (κ1) is 25.3. The third kappa shape index (κ3) is 5.36. The SMILES string of the molecule is COc1cc(OC)cc(-c2ccc(-c3nc4ccc(Cl)cc4c(=O)n3CC3CCCC(CN)C3)cc2)c1. The van der Waals surface area contributed by atoms with Gasteiger partial charge in [0.2, 0.25) is 0 Å². The summed E-state index contributed by atoms with van der Waals surface area (Å²) in [5.41, 5.74) is 9.46. The van der Waals surface area contributed by atoms with Gasteiger partial charge in [0.05, 0.1) is 25.1 Å². The molecule has 0 spiro atoms. The highest BCUT2D eigenvalue weighted by Crippen LogP contribution is 2.33. The molecule has 0 radical (unpaired) electrons. The van der Waals surface area contributed by atoms with Crippen molar-refractivity contribution in [2.24, 2.45) is 17.6 Å². The first-order valence-corrected chi connectivity index (χ1v) is 13.1. The van der Waals surface area contributed by atoms with Crippen LogP contribution in [0.15, 0.2) is 65.5 Å². The van der Waals surface area contributed by atoms with Crippen LogP contribution in [0.5, 0.6) is 11.5 Å². The molecule has 0 bridgehead atoms. The Kier molecular flexibility index (Phi) is 7.49. The Morgan fingerprint density at radius 3 is 2.27 bits per heavy atom. The van der Waals surface area contributed by atoms with Gasteiger partial charge in [-0.25, -0.2) is 4.98 Å². The Labute approximate surface area is 222 Å². The van der Waals surface area contributed by atoms with Crippen LogP contribution in [0, 0.1) is 11.8 Å². The van der Waals surface area contributed by atoms with E-state index in [-0.39, 0.29) is 5.56 Å². The quantitative estimate of drug-likeness (QED) is 0.317. The minimum atomic E-state index is -0.0565. The Morgan fingerprint density at radius 1 is 0.919 bits per heavy atom. The number of fused-ring (bicyclic) bond motifs is 1. The van der Waals surface area contributed by atoms with Crippen LogP contribution in [0.3, 0.4) is 0 Å². The summed E-state index contributed by atoms with van der Waals surface area (Å²) in [6.45, 7) is 1.31. The molecule has 1 heterocycles. The number of nitrogens with two attached hydrogens (primary N) is 1. The van der Waals surface area contributed by atoms with E-state index in [1.165, 1.54) is 0 Å². The predicted molar refractivity (Wildman–Crippen MR) is 149 cm³/mol. The van der Waals surface area contributed by atoms with E-state index >= 15 is 0 Å². The second kappa shape index (κ2) is 11.0. The Morgan fingerprint density at radius 2 is 1.59 bits per heavy atom. The van der Waals surface area contributed by atoms with Crippen LogP contribution in [0.2, 0.25) is 5.02 Å². The van der Waals surface area contributed by atoms with Crippen LogP contribution in [0.25, 0.3) is 33.4 Å². The molecule has 1 aliphatic rings. The van der Waals surface area contributed by atoms with Gasteiger partial charge in [-0.15, -0.1) is 0 Å². The number of rotatable bonds is 7. The molecule has 1 fully saturated rings.